The molecule has 1 saturated heterocycles. The molecule has 1 fully saturated rings. The molecular formula is C13H14FN3O3. The highest BCUT2D eigenvalue weighted by molar-refractivity contribution is 6.05. The minimum absolute atomic E-state index is 0.0894. The molecule has 6 nitrogen and oxygen atoms in total. The smallest absolute Gasteiger partial charge is 0.328 e. The largest absolute Gasteiger partial charge is 0.352 e. The maximum absolute atomic E-state index is 13.9. The number of hydrogen-bond donors (Lipinski definition) is 2. The van der Waals surface area contributed by atoms with Crippen LogP contribution in [0.4, 0.5) is 14.9 Å². The molecule has 0 aliphatic carbocycles. The molecule has 1 aliphatic heterocycles. The van der Waals surface area contributed by atoms with Crippen LogP contribution in [0.2, 0.25) is 0 Å². The molecule has 0 bridgehead atoms. The van der Waals surface area contributed by atoms with Crippen molar-refractivity contribution >= 4 is 23.5 Å². The van der Waals surface area contributed by atoms with E-state index in [9.17, 15) is 18.8 Å². The zero-order valence-electron chi connectivity index (χ0n) is 10.9. The van der Waals surface area contributed by atoms with Gasteiger partial charge in [0.2, 0.25) is 11.8 Å². The van der Waals surface area contributed by atoms with E-state index in [1.807, 2.05) is 0 Å². The second-order valence-electron chi connectivity index (χ2n) is 4.44. The van der Waals surface area contributed by atoms with Gasteiger partial charge in [0.1, 0.15) is 5.82 Å². The number of nitrogens with one attached hydrogen (secondary N) is 2. The Balaban J connectivity index is 2.14. The van der Waals surface area contributed by atoms with Gasteiger partial charge in [0, 0.05) is 37.7 Å². The van der Waals surface area contributed by atoms with Crippen molar-refractivity contribution in [3.05, 3.63) is 29.6 Å². The number of anilines is 1. The first kappa shape index (κ1) is 14.0. The quantitative estimate of drug-likeness (QED) is 0.863. The summed E-state index contributed by atoms with van der Waals surface area (Å²) < 4.78 is 13.9. The Morgan fingerprint density at radius 1 is 1.45 bits per heavy atom. The van der Waals surface area contributed by atoms with Crippen LogP contribution in [0.15, 0.2) is 18.2 Å². The van der Waals surface area contributed by atoms with Crippen LogP contribution < -0.4 is 15.5 Å². The van der Waals surface area contributed by atoms with Crippen LogP contribution in [-0.4, -0.2) is 24.4 Å². The van der Waals surface area contributed by atoms with E-state index in [-0.39, 0.29) is 31.3 Å². The molecule has 0 spiro atoms. The van der Waals surface area contributed by atoms with Gasteiger partial charge >= 0.3 is 6.03 Å². The van der Waals surface area contributed by atoms with E-state index in [1.54, 1.807) is 6.07 Å². The van der Waals surface area contributed by atoms with Gasteiger partial charge in [0.25, 0.3) is 0 Å². The summed E-state index contributed by atoms with van der Waals surface area (Å²) in [7, 11) is 0. The van der Waals surface area contributed by atoms with Gasteiger partial charge in [-0.25, -0.2) is 9.18 Å². The molecule has 2 rings (SSSR count). The second-order valence-corrected chi connectivity index (χ2v) is 4.44. The van der Waals surface area contributed by atoms with E-state index in [0.717, 1.165) is 0 Å². The summed E-state index contributed by atoms with van der Waals surface area (Å²) in [6, 6.07) is 3.74. The number of amides is 4. The Bertz CT molecular complexity index is 574. The van der Waals surface area contributed by atoms with Gasteiger partial charge in [-0.3, -0.25) is 19.8 Å². The van der Waals surface area contributed by atoms with E-state index in [0.29, 0.717) is 11.3 Å². The summed E-state index contributed by atoms with van der Waals surface area (Å²) >= 11 is 0. The lowest BCUT2D eigenvalue weighted by molar-refractivity contribution is -0.120. The van der Waals surface area contributed by atoms with E-state index >= 15 is 0 Å². The maximum atomic E-state index is 13.9. The Hall–Kier alpha value is -2.44. The van der Waals surface area contributed by atoms with Crippen LogP contribution in [0.25, 0.3) is 0 Å². The minimum atomic E-state index is -0.560. The number of hydrogen-bond acceptors (Lipinski definition) is 3. The van der Waals surface area contributed by atoms with Crippen LogP contribution in [0.5, 0.6) is 0 Å². The second kappa shape index (κ2) is 5.68. The molecule has 0 radical (unpaired) electrons. The van der Waals surface area contributed by atoms with Crippen LogP contribution in [0.3, 0.4) is 0 Å². The zero-order chi connectivity index (χ0) is 14.7. The van der Waals surface area contributed by atoms with Crippen molar-refractivity contribution in [2.75, 3.05) is 11.4 Å². The van der Waals surface area contributed by atoms with Crippen LogP contribution in [-0.2, 0) is 16.1 Å². The number of imide groups is 1. The number of benzene rings is 1. The Morgan fingerprint density at radius 2 is 2.20 bits per heavy atom. The van der Waals surface area contributed by atoms with Gasteiger partial charge in [-0.15, -0.1) is 0 Å². The Morgan fingerprint density at radius 3 is 2.80 bits per heavy atom. The Kier molecular flexibility index (Phi) is 3.97. The molecule has 1 aromatic carbocycles. The van der Waals surface area contributed by atoms with Gasteiger partial charge in [0.05, 0.1) is 0 Å². The lowest BCUT2D eigenvalue weighted by Gasteiger charge is -2.26. The van der Waals surface area contributed by atoms with Crippen molar-refractivity contribution in [2.45, 2.75) is 19.9 Å². The SMILES string of the molecule is CC(=O)NCc1ccc(N2CCC(=O)NC2=O)cc1F. The topological polar surface area (TPSA) is 78.5 Å². The number of carbonyl (C=O) groups is 3. The third-order valence-electron chi connectivity index (χ3n) is 2.93. The minimum Gasteiger partial charge on any atom is -0.352 e. The lowest BCUT2D eigenvalue weighted by Crippen LogP contribution is -2.49. The van der Waals surface area contributed by atoms with Crippen molar-refractivity contribution in [1.29, 1.82) is 0 Å². The predicted molar refractivity (Wildman–Crippen MR) is 69.4 cm³/mol. The summed E-state index contributed by atoms with van der Waals surface area (Å²) in [5.41, 5.74) is 0.705. The first-order chi connectivity index (χ1) is 9.47. The molecule has 7 heteroatoms. The monoisotopic (exact) mass is 279 g/mol. The highest BCUT2D eigenvalue weighted by Crippen LogP contribution is 2.20. The summed E-state index contributed by atoms with van der Waals surface area (Å²) in [5, 5.41) is 4.67. The third-order valence-corrected chi connectivity index (χ3v) is 2.93. The van der Waals surface area contributed by atoms with Crippen molar-refractivity contribution in [3.63, 3.8) is 0 Å². The van der Waals surface area contributed by atoms with Crippen molar-refractivity contribution < 1.29 is 18.8 Å². The maximum Gasteiger partial charge on any atom is 0.328 e. The van der Waals surface area contributed by atoms with Crippen LogP contribution >= 0.6 is 0 Å². The van der Waals surface area contributed by atoms with E-state index in [4.69, 9.17) is 0 Å². The molecule has 1 aromatic rings. The molecule has 0 saturated carbocycles. The van der Waals surface area contributed by atoms with Gasteiger partial charge < -0.3 is 5.32 Å². The average molecular weight is 279 g/mol. The van der Waals surface area contributed by atoms with E-state index in [1.165, 1.54) is 24.0 Å². The number of carbonyl (C=O) groups excluding carboxylic acids is 3. The average Bonchev–Trinajstić information content (AvgIpc) is 2.37. The van der Waals surface area contributed by atoms with Gasteiger partial charge in [-0.2, -0.15) is 0 Å². The van der Waals surface area contributed by atoms with Gasteiger partial charge in [0.15, 0.2) is 0 Å². The van der Waals surface area contributed by atoms with Crippen molar-refractivity contribution in [1.82, 2.24) is 10.6 Å². The molecular weight excluding hydrogens is 265 g/mol. The zero-order valence-corrected chi connectivity index (χ0v) is 10.9. The first-order valence-electron chi connectivity index (χ1n) is 6.11. The number of halogens is 1. The predicted octanol–water partition coefficient (Wildman–Crippen LogP) is 0.908. The fourth-order valence-corrected chi connectivity index (χ4v) is 1.88. The summed E-state index contributed by atoms with van der Waals surface area (Å²) in [6.07, 6.45) is 0.182. The molecule has 106 valence electrons. The van der Waals surface area contributed by atoms with Crippen molar-refractivity contribution in [2.24, 2.45) is 0 Å². The molecule has 2 N–H and O–H groups in total. The molecule has 0 unspecified atom stereocenters. The van der Waals surface area contributed by atoms with Crippen LogP contribution in [0.1, 0.15) is 18.9 Å². The summed E-state index contributed by atoms with van der Waals surface area (Å²) in [5.74, 6) is -1.10. The molecule has 4 amide bonds. The lowest BCUT2D eigenvalue weighted by atomic mass is 10.1. The number of rotatable bonds is 3. The fraction of sp³-hybridized carbons (Fsp3) is 0.308. The molecule has 1 heterocycles. The number of nitrogens with zero attached hydrogens (tertiary/aromatic N) is 1. The molecule has 0 atom stereocenters. The van der Waals surface area contributed by atoms with E-state index in [2.05, 4.69) is 10.6 Å². The van der Waals surface area contributed by atoms with Gasteiger partial charge in [-0.1, -0.05) is 6.07 Å². The van der Waals surface area contributed by atoms with Crippen LogP contribution in [0, 0.1) is 5.82 Å². The van der Waals surface area contributed by atoms with Crippen molar-refractivity contribution in [3.8, 4) is 0 Å². The highest BCUT2D eigenvalue weighted by atomic mass is 19.1. The Labute approximate surface area is 114 Å². The molecule has 1 aliphatic rings. The standard InChI is InChI=1S/C13H14FN3O3/c1-8(18)15-7-9-2-3-10(6-11(9)14)17-5-4-12(19)16-13(17)20/h2-3,6H,4-5,7H2,1H3,(H,15,18)(H,16,19,20). The molecule has 0 aromatic heterocycles. The van der Waals surface area contributed by atoms with Gasteiger partial charge in [-0.05, 0) is 12.1 Å². The summed E-state index contributed by atoms with van der Waals surface area (Å²) in [4.78, 5) is 34.8. The summed E-state index contributed by atoms with van der Waals surface area (Å²) in [6.45, 7) is 1.66. The molecule has 20 heavy (non-hydrogen) atoms. The first-order valence-corrected chi connectivity index (χ1v) is 6.11. The normalized spacial score (nSPS) is 15.0. The fourth-order valence-electron chi connectivity index (χ4n) is 1.88. The third kappa shape index (κ3) is 3.11. The highest BCUT2D eigenvalue weighted by Gasteiger charge is 2.24. The van der Waals surface area contributed by atoms with E-state index < -0.39 is 11.8 Å². The number of urea groups is 1.